The van der Waals surface area contributed by atoms with Gasteiger partial charge in [0.15, 0.2) is 0 Å². The Morgan fingerprint density at radius 2 is 2.00 bits per heavy atom. The van der Waals surface area contributed by atoms with Gasteiger partial charge in [0.25, 0.3) is 0 Å². The van der Waals surface area contributed by atoms with E-state index in [1.807, 2.05) is 0 Å². The minimum atomic E-state index is -4.85. The van der Waals surface area contributed by atoms with Crippen LogP contribution < -0.4 is 0 Å². The summed E-state index contributed by atoms with van der Waals surface area (Å²) in [5.41, 5.74) is 0. The van der Waals surface area contributed by atoms with E-state index in [9.17, 15) is 12.3 Å². The van der Waals surface area contributed by atoms with Gasteiger partial charge in [-0.3, -0.25) is 0 Å². The fourth-order valence-electron chi connectivity index (χ4n) is 0.688. The molecule has 1 aromatic carbocycles. The first-order valence-electron chi connectivity index (χ1n) is 2.85. The molecule has 1 rings (SSSR count). The molecular formula is C6H4ClFO3S. The number of phenolic OH excluding ortho intramolecular Hbond substituents is 1. The predicted octanol–water partition coefficient (Wildman–Crippen LogP) is 1.70. The molecule has 0 fully saturated rings. The summed E-state index contributed by atoms with van der Waals surface area (Å²) >= 11 is 5.31. The molecule has 0 bridgehead atoms. The summed E-state index contributed by atoms with van der Waals surface area (Å²) in [6.45, 7) is 0. The van der Waals surface area contributed by atoms with Gasteiger partial charge in [0, 0.05) is 0 Å². The summed E-state index contributed by atoms with van der Waals surface area (Å²) in [7, 11) is -4.85. The number of rotatable bonds is 1. The highest BCUT2D eigenvalue weighted by Crippen LogP contribution is 2.30. The summed E-state index contributed by atoms with van der Waals surface area (Å²) in [5.74, 6) is -0.463. The van der Waals surface area contributed by atoms with E-state index in [0.717, 1.165) is 12.1 Å². The number of benzene rings is 1. The lowest BCUT2D eigenvalue weighted by molar-refractivity contribution is 0.472. The maximum absolute atomic E-state index is 12.3. The Morgan fingerprint density at radius 1 is 1.42 bits per heavy atom. The summed E-state index contributed by atoms with van der Waals surface area (Å²) < 4.78 is 33.0. The average Bonchev–Trinajstić information content (AvgIpc) is 1.92. The normalized spacial score (nSPS) is 11.5. The lowest BCUT2D eigenvalue weighted by Crippen LogP contribution is -1.92. The second-order valence-electron chi connectivity index (χ2n) is 2.03. The molecule has 0 aliphatic carbocycles. The summed E-state index contributed by atoms with van der Waals surface area (Å²) in [5, 5.41) is 8.40. The largest absolute Gasteiger partial charge is 0.506 e. The van der Waals surface area contributed by atoms with E-state index in [2.05, 4.69) is 0 Å². The van der Waals surface area contributed by atoms with E-state index in [-0.39, 0.29) is 0 Å². The summed E-state index contributed by atoms with van der Waals surface area (Å²) in [6.07, 6.45) is 0. The van der Waals surface area contributed by atoms with Gasteiger partial charge in [-0.05, 0) is 12.1 Å². The van der Waals surface area contributed by atoms with Gasteiger partial charge in [-0.15, -0.1) is 3.89 Å². The lowest BCUT2D eigenvalue weighted by atomic mass is 10.3. The second kappa shape index (κ2) is 2.91. The van der Waals surface area contributed by atoms with Crippen molar-refractivity contribution in [2.45, 2.75) is 4.90 Å². The second-order valence-corrected chi connectivity index (χ2v) is 3.72. The highest BCUT2D eigenvalue weighted by Gasteiger charge is 2.17. The number of hydrogen-bond acceptors (Lipinski definition) is 3. The Bertz CT molecular complexity index is 401. The van der Waals surface area contributed by atoms with Crippen molar-refractivity contribution in [1.29, 1.82) is 0 Å². The molecule has 66 valence electrons. The van der Waals surface area contributed by atoms with Crippen molar-refractivity contribution in [1.82, 2.24) is 0 Å². The Hall–Kier alpha value is -0.810. The standard InChI is InChI=1S/C6H4ClFO3S/c7-6-4(9)2-1-3-5(6)12(8,10)11/h1-3,9H. The van der Waals surface area contributed by atoms with E-state index in [4.69, 9.17) is 16.7 Å². The van der Waals surface area contributed by atoms with Crippen LogP contribution in [-0.2, 0) is 10.2 Å². The molecule has 0 heterocycles. The Labute approximate surface area is 73.6 Å². The van der Waals surface area contributed by atoms with E-state index in [1.165, 1.54) is 6.07 Å². The molecule has 1 N–H and O–H groups in total. The summed E-state index contributed by atoms with van der Waals surface area (Å²) in [4.78, 5) is -0.718. The van der Waals surface area contributed by atoms with Gasteiger partial charge >= 0.3 is 10.2 Å². The first kappa shape index (κ1) is 9.28. The minimum absolute atomic E-state index is 0.463. The van der Waals surface area contributed by atoms with Gasteiger partial charge < -0.3 is 5.11 Å². The highest BCUT2D eigenvalue weighted by atomic mass is 35.5. The molecule has 6 heteroatoms. The Balaban J connectivity index is 3.47. The molecule has 0 spiro atoms. The smallest absolute Gasteiger partial charge is 0.333 e. The third-order valence-electron chi connectivity index (χ3n) is 1.21. The number of phenols is 1. The number of aromatic hydroxyl groups is 1. The first-order valence-corrected chi connectivity index (χ1v) is 4.61. The molecule has 0 aromatic heterocycles. The van der Waals surface area contributed by atoms with Crippen LogP contribution in [-0.4, -0.2) is 13.5 Å². The first-order chi connectivity index (χ1) is 5.43. The maximum Gasteiger partial charge on any atom is 0.333 e. The molecule has 0 aliphatic rings. The van der Waals surface area contributed by atoms with Crippen molar-refractivity contribution in [3.8, 4) is 5.75 Å². The van der Waals surface area contributed by atoms with Crippen molar-refractivity contribution < 1.29 is 17.4 Å². The van der Waals surface area contributed by atoms with Crippen molar-refractivity contribution in [2.24, 2.45) is 0 Å². The maximum atomic E-state index is 12.3. The van der Waals surface area contributed by atoms with Gasteiger partial charge in [0.1, 0.15) is 15.7 Å². The molecule has 0 radical (unpaired) electrons. The fourth-order valence-corrected chi connectivity index (χ4v) is 1.65. The molecule has 1 aromatic rings. The van der Waals surface area contributed by atoms with E-state index in [0.29, 0.717) is 0 Å². The van der Waals surface area contributed by atoms with Crippen LogP contribution in [0.5, 0.6) is 5.75 Å². The van der Waals surface area contributed by atoms with Crippen LogP contribution >= 0.6 is 11.6 Å². The van der Waals surface area contributed by atoms with Crippen LogP contribution in [0, 0.1) is 0 Å². The van der Waals surface area contributed by atoms with E-state index < -0.39 is 25.9 Å². The van der Waals surface area contributed by atoms with Crippen molar-refractivity contribution in [2.75, 3.05) is 0 Å². The van der Waals surface area contributed by atoms with Crippen molar-refractivity contribution >= 4 is 21.8 Å². The molecule has 0 saturated carbocycles. The molecule has 0 saturated heterocycles. The van der Waals surface area contributed by atoms with Crippen molar-refractivity contribution in [3.05, 3.63) is 23.2 Å². The third kappa shape index (κ3) is 1.67. The monoisotopic (exact) mass is 210 g/mol. The third-order valence-corrected chi connectivity index (χ3v) is 2.58. The van der Waals surface area contributed by atoms with Gasteiger partial charge in [-0.25, -0.2) is 0 Å². The van der Waals surface area contributed by atoms with Crippen LogP contribution in [0.4, 0.5) is 3.89 Å². The average molecular weight is 211 g/mol. The predicted molar refractivity (Wildman–Crippen MR) is 41.4 cm³/mol. The van der Waals surface area contributed by atoms with Crippen LogP contribution in [0.25, 0.3) is 0 Å². The SMILES string of the molecule is O=S(=O)(F)c1cccc(O)c1Cl. The fraction of sp³-hybridized carbons (Fsp3) is 0. The molecule has 0 unspecified atom stereocenters. The molecule has 0 aliphatic heterocycles. The molecule has 0 atom stereocenters. The van der Waals surface area contributed by atoms with Crippen LogP contribution in [0.2, 0.25) is 5.02 Å². The van der Waals surface area contributed by atoms with Crippen molar-refractivity contribution in [3.63, 3.8) is 0 Å². The van der Waals surface area contributed by atoms with Gasteiger partial charge in [0.2, 0.25) is 0 Å². The van der Waals surface area contributed by atoms with E-state index in [1.54, 1.807) is 0 Å². The minimum Gasteiger partial charge on any atom is -0.506 e. The molecule has 3 nitrogen and oxygen atoms in total. The Kier molecular flexibility index (Phi) is 2.25. The van der Waals surface area contributed by atoms with Crippen LogP contribution in [0.1, 0.15) is 0 Å². The van der Waals surface area contributed by atoms with E-state index >= 15 is 0 Å². The lowest BCUT2D eigenvalue weighted by Gasteiger charge is -1.99. The van der Waals surface area contributed by atoms with Crippen LogP contribution in [0.3, 0.4) is 0 Å². The topological polar surface area (TPSA) is 54.4 Å². The zero-order valence-electron chi connectivity index (χ0n) is 5.66. The molecular weight excluding hydrogens is 207 g/mol. The van der Waals surface area contributed by atoms with Gasteiger partial charge in [0.05, 0.1) is 0 Å². The summed E-state index contributed by atoms with van der Waals surface area (Å²) in [6, 6.07) is 3.32. The zero-order valence-corrected chi connectivity index (χ0v) is 7.23. The van der Waals surface area contributed by atoms with Crippen LogP contribution in [0.15, 0.2) is 23.1 Å². The quantitative estimate of drug-likeness (QED) is 0.718. The Morgan fingerprint density at radius 3 is 2.42 bits per heavy atom. The van der Waals surface area contributed by atoms with Gasteiger partial charge in [-0.2, -0.15) is 8.42 Å². The zero-order chi connectivity index (χ0) is 9.35. The highest BCUT2D eigenvalue weighted by molar-refractivity contribution is 7.86. The number of halogens is 2. The van der Waals surface area contributed by atoms with Gasteiger partial charge in [-0.1, -0.05) is 17.7 Å². The number of hydrogen-bond donors (Lipinski definition) is 1. The molecule has 0 amide bonds. The molecule has 12 heavy (non-hydrogen) atoms.